The molecule has 2 aromatic rings. The molecule has 2 aromatic heterocycles. The molecule has 4 unspecified atom stereocenters. The fourth-order valence-electron chi connectivity index (χ4n) is 4.49. The summed E-state index contributed by atoms with van der Waals surface area (Å²) in [6.45, 7) is 2.19. The van der Waals surface area contributed by atoms with Crippen molar-refractivity contribution in [1.29, 1.82) is 0 Å². The monoisotopic (exact) mass is 357 g/mol. The van der Waals surface area contributed by atoms with E-state index in [0.717, 1.165) is 27.2 Å². The van der Waals surface area contributed by atoms with E-state index in [4.69, 9.17) is 0 Å². The largest absolute Gasteiger partial charge is 0.349 e. The van der Waals surface area contributed by atoms with Gasteiger partial charge in [-0.2, -0.15) is 0 Å². The molecule has 0 spiro atoms. The van der Waals surface area contributed by atoms with Crippen LogP contribution in [0.5, 0.6) is 0 Å². The second-order valence-corrected chi connectivity index (χ2v) is 9.08. The molecule has 4 atom stereocenters. The summed E-state index contributed by atoms with van der Waals surface area (Å²) < 4.78 is 0. The van der Waals surface area contributed by atoms with Crippen molar-refractivity contribution < 1.29 is 4.79 Å². The number of thiophene rings is 2. The Morgan fingerprint density at radius 1 is 1.21 bits per heavy atom. The molecule has 1 amide bonds. The Morgan fingerprint density at radius 3 is 2.67 bits per heavy atom. The predicted octanol–water partition coefficient (Wildman–Crippen LogP) is 5.29. The van der Waals surface area contributed by atoms with E-state index >= 15 is 0 Å². The van der Waals surface area contributed by atoms with Crippen LogP contribution in [-0.2, 0) is 4.79 Å². The van der Waals surface area contributed by atoms with Crippen molar-refractivity contribution in [2.45, 2.75) is 38.6 Å². The fraction of sp³-hybridized carbons (Fsp3) is 0.450. The predicted molar refractivity (Wildman–Crippen MR) is 103 cm³/mol. The smallest absolute Gasteiger partial charge is 0.252 e. The molecule has 4 heteroatoms. The van der Waals surface area contributed by atoms with Crippen LogP contribution >= 0.6 is 22.7 Å². The molecular weight excluding hydrogens is 334 g/mol. The summed E-state index contributed by atoms with van der Waals surface area (Å²) in [6.07, 6.45) is 7.47. The number of hydrogen-bond donors (Lipinski definition) is 1. The molecule has 2 aliphatic carbocycles. The quantitative estimate of drug-likeness (QED) is 0.724. The third-order valence-electron chi connectivity index (χ3n) is 5.65. The van der Waals surface area contributed by atoms with Gasteiger partial charge in [0.15, 0.2) is 0 Å². The van der Waals surface area contributed by atoms with Crippen LogP contribution in [0, 0.1) is 17.8 Å². The van der Waals surface area contributed by atoms with Crippen LogP contribution in [0.3, 0.4) is 0 Å². The van der Waals surface area contributed by atoms with Crippen LogP contribution in [-0.4, -0.2) is 11.9 Å². The minimum Gasteiger partial charge on any atom is -0.349 e. The zero-order chi connectivity index (χ0) is 16.5. The van der Waals surface area contributed by atoms with Crippen LogP contribution in [0.1, 0.15) is 42.4 Å². The number of amides is 1. The molecule has 2 fully saturated rings. The Balaban J connectivity index is 1.51. The highest BCUT2D eigenvalue weighted by Gasteiger charge is 2.42. The number of hydrogen-bond acceptors (Lipinski definition) is 3. The Labute approximate surface area is 151 Å². The van der Waals surface area contributed by atoms with Crippen LogP contribution in [0.25, 0.3) is 11.6 Å². The molecule has 126 valence electrons. The molecule has 2 saturated carbocycles. The van der Waals surface area contributed by atoms with Crippen molar-refractivity contribution in [2.75, 3.05) is 0 Å². The maximum atomic E-state index is 13.0. The van der Waals surface area contributed by atoms with Crippen LogP contribution < -0.4 is 5.32 Å². The van der Waals surface area contributed by atoms with Gasteiger partial charge in [-0.15, -0.1) is 22.7 Å². The van der Waals surface area contributed by atoms with Gasteiger partial charge in [-0.25, -0.2) is 0 Å². The molecule has 2 aliphatic rings. The van der Waals surface area contributed by atoms with Crippen molar-refractivity contribution in [2.24, 2.45) is 17.8 Å². The molecule has 0 radical (unpaired) electrons. The van der Waals surface area contributed by atoms with E-state index in [1.54, 1.807) is 22.7 Å². The van der Waals surface area contributed by atoms with E-state index < -0.39 is 0 Å². The summed E-state index contributed by atoms with van der Waals surface area (Å²) in [7, 11) is 0. The van der Waals surface area contributed by atoms with Gasteiger partial charge in [-0.3, -0.25) is 4.79 Å². The molecule has 2 nitrogen and oxygen atoms in total. The molecule has 0 saturated heterocycles. The van der Waals surface area contributed by atoms with Gasteiger partial charge in [0.2, 0.25) is 0 Å². The standard InChI is InChI=1S/C20H23NOS2/c1-13(17-11-14-6-7-15(17)10-14)21-20(22)18(19-5-3-9-24-19)12-16-4-2-8-23-16/h2-5,8-9,12-15,17H,6-7,10-11H2,1H3,(H,21,22). The molecule has 2 heterocycles. The number of carbonyl (C=O) groups is 1. The maximum absolute atomic E-state index is 13.0. The van der Waals surface area contributed by atoms with Crippen molar-refractivity contribution in [3.05, 3.63) is 44.8 Å². The third-order valence-corrected chi connectivity index (χ3v) is 7.38. The highest BCUT2D eigenvalue weighted by Crippen LogP contribution is 2.49. The minimum atomic E-state index is 0.0705. The van der Waals surface area contributed by atoms with Gasteiger partial charge in [0.05, 0.1) is 5.57 Å². The van der Waals surface area contributed by atoms with Gasteiger partial charge in [0.1, 0.15) is 0 Å². The average molecular weight is 358 g/mol. The number of carbonyl (C=O) groups excluding carboxylic acids is 1. The maximum Gasteiger partial charge on any atom is 0.252 e. The lowest BCUT2D eigenvalue weighted by atomic mass is 9.84. The summed E-state index contributed by atoms with van der Waals surface area (Å²) in [5.74, 6) is 2.48. The summed E-state index contributed by atoms with van der Waals surface area (Å²) in [5.41, 5.74) is 0.794. The highest BCUT2D eigenvalue weighted by atomic mass is 32.1. The highest BCUT2D eigenvalue weighted by molar-refractivity contribution is 7.12. The van der Waals surface area contributed by atoms with Gasteiger partial charge in [-0.1, -0.05) is 18.6 Å². The molecule has 24 heavy (non-hydrogen) atoms. The molecule has 2 bridgehead atoms. The summed E-state index contributed by atoms with van der Waals surface area (Å²) >= 11 is 3.30. The van der Waals surface area contributed by atoms with E-state index in [2.05, 4.69) is 18.3 Å². The van der Waals surface area contributed by atoms with Crippen LogP contribution in [0.4, 0.5) is 0 Å². The topological polar surface area (TPSA) is 29.1 Å². The average Bonchev–Trinajstić information content (AvgIpc) is 3.37. The minimum absolute atomic E-state index is 0.0705. The SMILES string of the molecule is CC(NC(=O)C(=Cc1cccs1)c1cccs1)C1CC2CCC1C2. The normalized spacial score (nSPS) is 27.4. The Kier molecular flexibility index (Phi) is 4.59. The summed E-state index contributed by atoms with van der Waals surface area (Å²) in [4.78, 5) is 15.1. The lowest BCUT2D eigenvalue weighted by Gasteiger charge is -2.28. The molecule has 0 aliphatic heterocycles. The molecule has 4 rings (SSSR count). The second kappa shape index (κ2) is 6.85. The first-order chi connectivity index (χ1) is 11.7. The number of fused-ring (bicyclic) bond motifs is 2. The lowest BCUT2D eigenvalue weighted by Crippen LogP contribution is -2.40. The summed E-state index contributed by atoms with van der Waals surface area (Å²) in [6, 6.07) is 8.39. The lowest BCUT2D eigenvalue weighted by molar-refractivity contribution is -0.116. The zero-order valence-electron chi connectivity index (χ0n) is 13.9. The van der Waals surface area contributed by atoms with E-state index in [9.17, 15) is 4.79 Å². The van der Waals surface area contributed by atoms with Crippen molar-refractivity contribution >= 4 is 40.2 Å². The van der Waals surface area contributed by atoms with Crippen molar-refractivity contribution in [1.82, 2.24) is 5.32 Å². The van der Waals surface area contributed by atoms with E-state index in [0.29, 0.717) is 5.92 Å². The fourth-order valence-corrected chi connectivity index (χ4v) is 5.89. The third kappa shape index (κ3) is 3.22. The van der Waals surface area contributed by atoms with Crippen molar-refractivity contribution in [3.63, 3.8) is 0 Å². The Bertz CT molecular complexity index is 717. The van der Waals surface area contributed by atoms with Gasteiger partial charge < -0.3 is 5.32 Å². The van der Waals surface area contributed by atoms with Gasteiger partial charge >= 0.3 is 0 Å². The van der Waals surface area contributed by atoms with Gasteiger partial charge in [-0.05, 0) is 72.9 Å². The van der Waals surface area contributed by atoms with Crippen LogP contribution in [0.15, 0.2) is 35.0 Å². The number of nitrogens with one attached hydrogen (secondary N) is 1. The van der Waals surface area contributed by atoms with E-state index in [-0.39, 0.29) is 11.9 Å². The molecular formula is C20H23NOS2. The first kappa shape index (κ1) is 16.1. The molecule has 0 aromatic carbocycles. The van der Waals surface area contributed by atoms with Crippen LogP contribution in [0.2, 0.25) is 0 Å². The van der Waals surface area contributed by atoms with E-state index in [1.165, 1.54) is 25.7 Å². The summed E-state index contributed by atoms with van der Waals surface area (Å²) in [5, 5.41) is 7.39. The van der Waals surface area contributed by atoms with Gasteiger partial charge in [0, 0.05) is 15.8 Å². The van der Waals surface area contributed by atoms with Gasteiger partial charge in [0.25, 0.3) is 5.91 Å². The Morgan fingerprint density at radius 2 is 2.04 bits per heavy atom. The van der Waals surface area contributed by atoms with Crippen molar-refractivity contribution in [3.8, 4) is 0 Å². The van der Waals surface area contributed by atoms with E-state index in [1.807, 2.05) is 35.0 Å². The Hall–Kier alpha value is -1.39. The first-order valence-electron chi connectivity index (χ1n) is 8.80. The number of rotatable bonds is 5. The molecule has 1 N–H and O–H groups in total. The first-order valence-corrected chi connectivity index (χ1v) is 10.6. The second-order valence-electron chi connectivity index (χ2n) is 7.15. The zero-order valence-corrected chi connectivity index (χ0v) is 15.5.